The molecule has 6 heteroatoms. The fraction of sp³-hybridized carbons (Fsp3) is 0.143. The maximum atomic E-state index is 12.6. The van der Waals surface area contributed by atoms with Crippen molar-refractivity contribution in [2.24, 2.45) is 0 Å². The van der Waals surface area contributed by atoms with Crippen LogP contribution in [0.2, 0.25) is 0 Å². The largest absolute Gasteiger partial charge is 0.321 e. The summed E-state index contributed by atoms with van der Waals surface area (Å²) in [6.07, 6.45) is 2.51. The van der Waals surface area contributed by atoms with Crippen LogP contribution in [0.15, 0.2) is 60.8 Å². The maximum absolute atomic E-state index is 12.6. The molecule has 2 aromatic carbocycles. The fourth-order valence-corrected chi connectivity index (χ4v) is 3.32. The lowest BCUT2D eigenvalue weighted by Crippen LogP contribution is -2.26. The van der Waals surface area contributed by atoms with Crippen LogP contribution in [-0.2, 0) is 6.42 Å². The summed E-state index contributed by atoms with van der Waals surface area (Å²) >= 11 is 0. The van der Waals surface area contributed by atoms with Crippen LogP contribution < -0.4 is 10.2 Å². The number of benzene rings is 2. The highest BCUT2D eigenvalue weighted by molar-refractivity contribution is 6.03. The molecule has 132 valence electrons. The van der Waals surface area contributed by atoms with Crippen molar-refractivity contribution in [2.45, 2.75) is 19.4 Å². The third-order valence-electron chi connectivity index (χ3n) is 4.55. The Kier molecular flexibility index (Phi) is 4.27. The highest BCUT2D eigenvalue weighted by atomic mass is 16.1. The summed E-state index contributed by atoms with van der Waals surface area (Å²) < 4.78 is 0. The first-order chi connectivity index (χ1) is 13.2. The number of anilines is 3. The Hall–Kier alpha value is -3.72. The first-order valence-electron chi connectivity index (χ1n) is 8.67. The summed E-state index contributed by atoms with van der Waals surface area (Å²) in [5.41, 5.74) is 3.64. The van der Waals surface area contributed by atoms with Gasteiger partial charge in [0.15, 0.2) is 0 Å². The lowest BCUT2D eigenvalue weighted by molar-refractivity contribution is 0.102. The number of fused-ring (bicyclic) bond motifs is 1. The number of hydrogen-bond acceptors (Lipinski definition) is 5. The van der Waals surface area contributed by atoms with Crippen molar-refractivity contribution >= 4 is 23.2 Å². The zero-order valence-corrected chi connectivity index (χ0v) is 14.8. The zero-order valence-electron chi connectivity index (χ0n) is 14.8. The van der Waals surface area contributed by atoms with Crippen LogP contribution in [0.1, 0.15) is 28.5 Å². The summed E-state index contributed by atoms with van der Waals surface area (Å²) in [6.45, 7) is 2.11. The van der Waals surface area contributed by atoms with E-state index < -0.39 is 0 Å². The number of aromatic nitrogens is 2. The molecule has 0 bridgehead atoms. The molecule has 0 radical (unpaired) electrons. The van der Waals surface area contributed by atoms with Crippen molar-refractivity contribution in [2.75, 3.05) is 10.2 Å². The predicted molar refractivity (Wildman–Crippen MR) is 103 cm³/mol. The molecule has 0 aliphatic carbocycles. The highest BCUT2D eigenvalue weighted by Crippen LogP contribution is 2.36. The number of carbonyl (C=O) groups is 1. The van der Waals surface area contributed by atoms with Crippen molar-refractivity contribution in [1.82, 2.24) is 9.97 Å². The summed E-state index contributed by atoms with van der Waals surface area (Å²) in [5.74, 6) is 0.166. The van der Waals surface area contributed by atoms with Crippen molar-refractivity contribution in [3.63, 3.8) is 0 Å². The van der Waals surface area contributed by atoms with Crippen molar-refractivity contribution in [3.05, 3.63) is 77.6 Å². The molecule has 2 heterocycles. The summed E-state index contributed by atoms with van der Waals surface area (Å²) in [4.78, 5) is 23.5. The van der Waals surface area contributed by atoms with Gasteiger partial charge in [0, 0.05) is 23.6 Å². The van der Waals surface area contributed by atoms with E-state index in [1.165, 1.54) is 5.56 Å². The van der Waals surface area contributed by atoms with E-state index in [2.05, 4.69) is 39.2 Å². The Labute approximate surface area is 157 Å². The molecule has 0 saturated carbocycles. The average molecular weight is 355 g/mol. The molecule has 0 fully saturated rings. The van der Waals surface area contributed by atoms with E-state index in [-0.39, 0.29) is 17.6 Å². The zero-order chi connectivity index (χ0) is 18.8. The van der Waals surface area contributed by atoms with Gasteiger partial charge in [-0.2, -0.15) is 5.26 Å². The van der Waals surface area contributed by atoms with Crippen LogP contribution in [0.3, 0.4) is 0 Å². The van der Waals surface area contributed by atoms with Crippen molar-refractivity contribution in [3.8, 4) is 6.07 Å². The lowest BCUT2D eigenvalue weighted by Gasteiger charge is -2.22. The second-order valence-corrected chi connectivity index (χ2v) is 6.44. The minimum absolute atomic E-state index is 0.216. The average Bonchev–Trinajstić information content (AvgIpc) is 3.04. The number of rotatable bonds is 3. The molecule has 1 aromatic heterocycles. The van der Waals surface area contributed by atoms with E-state index in [0.717, 1.165) is 12.1 Å². The molecule has 27 heavy (non-hydrogen) atoms. The third kappa shape index (κ3) is 3.23. The van der Waals surface area contributed by atoms with Crippen LogP contribution >= 0.6 is 0 Å². The molecule has 4 rings (SSSR count). The van der Waals surface area contributed by atoms with Crippen LogP contribution in [0, 0.1) is 11.3 Å². The minimum atomic E-state index is -0.339. The topological polar surface area (TPSA) is 81.9 Å². The third-order valence-corrected chi connectivity index (χ3v) is 4.55. The van der Waals surface area contributed by atoms with Gasteiger partial charge in [0.05, 0.1) is 11.6 Å². The lowest BCUT2D eigenvalue weighted by atomic mass is 10.1. The molecule has 1 atom stereocenters. The molecule has 1 aliphatic rings. The van der Waals surface area contributed by atoms with Gasteiger partial charge in [-0.25, -0.2) is 9.97 Å². The highest BCUT2D eigenvalue weighted by Gasteiger charge is 2.29. The van der Waals surface area contributed by atoms with Gasteiger partial charge in [0.25, 0.3) is 5.91 Å². The number of carbonyl (C=O) groups excluding carboxylic acids is 1. The second-order valence-electron chi connectivity index (χ2n) is 6.44. The quantitative estimate of drug-likeness (QED) is 0.775. The van der Waals surface area contributed by atoms with Gasteiger partial charge in [-0.3, -0.25) is 4.79 Å². The molecule has 1 amide bonds. The maximum Gasteiger partial charge on any atom is 0.274 e. The SMILES string of the molecule is CC1Cc2ccccc2N1c1nccc(C(=O)Nc2cccc(C#N)c2)n1. The fourth-order valence-electron chi connectivity index (χ4n) is 3.32. The first kappa shape index (κ1) is 16.7. The number of amides is 1. The van der Waals surface area contributed by atoms with Gasteiger partial charge in [-0.15, -0.1) is 0 Å². The van der Waals surface area contributed by atoms with Crippen LogP contribution in [0.25, 0.3) is 0 Å². The van der Waals surface area contributed by atoms with Gasteiger partial charge in [-0.1, -0.05) is 24.3 Å². The Morgan fingerprint density at radius 3 is 2.93 bits per heavy atom. The summed E-state index contributed by atoms with van der Waals surface area (Å²) in [5, 5.41) is 11.8. The van der Waals surface area contributed by atoms with Crippen LogP contribution in [0.5, 0.6) is 0 Å². The van der Waals surface area contributed by atoms with Crippen molar-refractivity contribution < 1.29 is 4.79 Å². The van der Waals surface area contributed by atoms with Crippen molar-refractivity contribution in [1.29, 1.82) is 5.26 Å². The number of nitrogens with one attached hydrogen (secondary N) is 1. The monoisotopic (exact) mass is 355 g/mol. The van der Waals surface area contributed by atoms with Gasteiger partial charge >= 0.3 is 0 Å². The molecular formula is C21H17N5O. The number of nitriles is 1. The van der Waals surface area contributed by atoms with E-state index in [1.54, 1.807) is 36.5 Å². The van der Waals surface area contributed by atoms with Gasteiger partial charge in [0.2, 0.25) is 5.95 Å². The molecule has 3 aromatic rings. The summed E-state index contributed by atoms with van der Waals surface area (Å²) in [6, 6.07) is 18.8. The van der Waals surface area contributed by atoms with E-state index >= 15 is 0 Å². The second kappa shape index (κ2) is 6.89. The van der Waals surface area contributed by atoms with E-state index in [4.69, 9.17) is 5.26 Å². The molecular weight excluding hydrogens is 338 g/mol. The minimum Gasteiger partial charge on any atom is -0.321 e. The molecule has 1 aliphatic heterocycles. The molecule has 1 unspecified atom stereocenters. The Morgan fingerprint density at radius 2 is 2.07 bits per heavy atom. The van der Waals surface area contributed by atoms with Crippen LogP contribution in [-0.4, -0.2) is 21.9 Å². The normalized spacial score (nSPS) is 15.1. The van der Waals surface area contributed by atoms with Gasteiger partial charge < -0.3 is 10.2 Å². The number of para-hydroxylation sites is 1. The molecule has 6 nitrogen and oxygen atoms in total. The Balaban J connectivity index is 1.61. The Morgan fingerprint density at radius 1 is 1.22 bits per heavy atom. The van der Waals surface area contributed by atoms with E-state index in [9.17, 15) is 4.79 Å². The van der Waals surface area contributed by atoms with E-state index in [0.29, 0.717) is 17.2 Å². The number of hydrogen-bond donors (Lipinski definition) is 1. The molecule has 1 N–H and O–H groups in total. The van der Waals surface area contributed by atoms with Gasteiger partial charge in [-0.05, 0) is 49.2 Å². The standard InChI is InChI=1S/C21H17N5O/c1-14-11-16-6-2-3-8-19(16)26(14)21-23-10-9-18(25-21)20(27)24-17-7-4-5-15(12-17)13-22/h2-10,12,14H,11H2,1H3,(H,24,27). The van der Waals surface area contributed by atoms with Gasteiger partial charge in [0.1, 0.15) is 5.69 Å². The first-order valence-corrected chi connectivity index (χ1v) is 8.67. The molecule has 0 spiro atoms. The number of nitrogens with zero attached hydrogens (tertiary/aromatic N) is 4. The predicted octanol–water partition coefficient (Wildman–Crippen LogP) is 3.68. The Bertz CT molecular complexity index is 1060. The van der Waals surface area contributed by atoms with E-state index in [1.807, 2.05) is 18.2 Å². The molecule has 0 saturated heterocycles. The smallest absolute Gasteiger partial charge is 0.274 e. The summed E-state index contributed by atoms with van der Waals surface area (Å²) in [7, 11) is 0. The van der Waals surface area contributed by atoms with Crippen LogP contribution in [0.4, 0.5) is 17.3 Å².